The number of nitrogens with zero attached hydrogens (tertiary/aromatic N) is 2. The van der Waals surface area contributed by atoms with Crippen LogP contribution in [0.4, 0.5) is 5.69 Å². The standard InChI is InChI=1S/C11H17N3O2/c1-8(15)7-14-11(16)5-10(6-12-14)13-9-3-2-4-9/h5-6,8-9,13,15H,2-4,7H2,1H3. The molecule has 88 valence electrons. The summed E-state index contributed by atoms with van der Waals surface area (Å²) in [6.07, 6.45) is 4.66. The van der Waals surface area contributed by atoms with Gasteiger partial charge in [-0.2, -0.15) is 5.10 Å². The summed E-state index contributed by atoms with van der Waals surface area (Å²) in [7, 11) is 0. The molecule has 1 atom stereocenters. The van der Waals surface area contributed by atoms with Gasteiger partial charge in [0, 0.05) is 12.1 Å². The van der Waals surface area contributed by atoms with E-state index in [1.54, 1.807) is 13.1 Å². The second-order valence-electron chi connectivity index (χ2n) is 4.39. The maximum absolute atomic E-state index is 11.6. The molecule has 0 aliphatic heterocycles. The fraction of sp³-hybridized carbons (Fsp3) is 0.636. The first-order chi connectivity index (χ1) is 7.65. The van der Waals surface area contributed by atoms with Crippen LogP contribution >= 0.6 is 0 Å². The molecule has 0 radical (unpaired) electrons. The Morgan fingerprint density at radius 2 is 2.44 bits per heavy atom. The van der Waals surface area contributed by atoms with Crippen LogP contribution in [-0.4, -0.2) is 27.0 Å². The number of hydrogen-bond acceptors (Lipinski definition) is 4. The topological polar surface area (TPSA) is 67.2 Å². The van der Waals surface area contributed by atoms with Crippen LogP contribution in [0.5, 0.6) is 0 Å². The van der Waals surface area contributed by atoms with Crippen molar-refractivity contribution in [3.63, 3.8) is 0 Å². The van der Waals surface area contributed by atoms with E-state index in [0.717, 1.165) is 18.5 Å². The van der Waals surface area contributed by atoms with Gasteiger partial charge in [0.05, 0.1) is 24.5 Å². The highest BCUT2D eigenvalue weighted by molar-refractivity contribution is 5.40. The lowest BCUT2D eigenvalue weighted by molar-refractivity contribution is 0.166. The molecule has 1 saturated carbocycles. The van der Waals surface area contributed by atoms with Gasteiger partial charge in [-0.3, -0.25) is 4.79 Å². The summed E-state index contributed by atoms with van der Waals surface area (Å²) < 4.78 is 1.27. The van der Waals surface area contributed by atoms with E-state index in [4.69, 9.17) is 0 Å². The highest BCUT2D eigenvalue weighted by atomic mass is 16.3. The SMILES string of the molecule is CC(O)Cn1ncc(NC2CCC2)cc1=O. The minimum absolute atomic E-state index is 0.176. The van der Waals surface area contributed by atoms with Crippen molar-refractivity contribution in [3.05, 3.63) is 22.6 Å². The Hall–Kier alpha value is -1.36. The maximum Gasteiger partial charge on any atom is 0.268 e. The molecule has 1 aromatic heterocycles. The number of aliphatic hydroxyl groups is 1. The summed E-state index contributed by atoms with van der Waals surface area (Å²) in [5.41, 5.74) is 0.599. The van der Waals surface area contributed by atoms with Gasteiger partial charge in [0.25, 0.3) is 5.56 Å². The van der Waals surface area contributed by atoms with Gasteiger partial charge in [0.15, 0.2) is 0 Å². The molecule has 1 unspecified atom stereocenters. The molecule has 1 aliphatic rings. The van der Waals surface area contributed by atoms with Gasteiger partial charge in [-0.15, -0.1) is 0 Å². The van der Waals surface area contributed by atoms with Gasteiger partial charge in [0.2, 0.25) is 0 Å². The molecule has 1 aromatic rings. The van der Waals surface area contributed by atoms with E-state index in [-0.39, 0.29) is 12.1 Å². The van der Waals surface area contributed by atoms with E-state index >= 15 is 0 Å². The fourth-order valence-corrected chi connectivity index (χ4v) is 1.69. The third kappa shape index (κ3) is 2.61. The van der Waals surface area contributed by atoms with Crippen molar-refractivity contribution < 1.29 is 5.11 Å². The van der Waals surface area contributed by atoms with E-state index in [0.29, 0.717) is 6.04 Å². The highest BCUT2D eigenvalue weighted by Gasteiger charge is 2.17. The van der Waals surface area contributed by atoms with Gasteiger partial charge in [-0.25, -0.2) is 4.68 Å². The molecule has 0 bridgehead atoms. The van der Waals surface area contributed by atoms with Gasteiger partial charge in [-0.1, -0.05) is 0 Å². The molecule has 5 nitrogen and oxygen atoms in total. The van der Waals surface area contributed by atoms with E-state index in [9.17, 15) is 9.90 Å². The van der Waals surface area contributed by atoms with Crippen LogP contribution in [0, 0.1) is 0 Å². The summed E-state index contributed by atoms with van der Waals surface area (Å²) in [6.45, 7) is 1.87. The fourth-order valence-electron chi connectivity index (χ4n) is 1.69. The van der Waals surface area contributed by atoms with Crippen molar-refractivity contribution in [2.45, 2.75) is 44.9 Å². The third-order valence-electron chi connectivity index (χ3n) is 2.78. The Morgan fingerprint density at radius 3 is 2.94 bits per heavy atom. The van der Waals surface area contributed by atoms with Crippen LogP contribution in [0.15, 0.2) is 17.1 Å². The zero-order valence-electron chi connectivity index (χ0n) is 9.39. The van der Waals surface area contributed by atoms with E-state index in [1.807, 2.05) is 0 Å². The zero-order valence-corrected chi connectivity index (χ0v) is 9.39. The molecule has 0 saturated heterocycles. The molecule has 0 spiro atoms. The number of aromatic nitrogens is 2. The molecule has 16 heavy (non-hydrogen) atoms. The van der Waals surface area contributed by atoms with E-state index < -0.39 is 6.10 Å². The molecule has 2 rings (SSSR count). The molecule has 0 amide bonds. The van der Waals surface area contributed by atoms with Crippen molar-refractivity contribution in [2.24, 2.45) is 0 Å². The Bertz CT molecular complexity index is 410. The first-order valence-electron chi connectivity index (χ1n) is 5.67. The molecular weight excluding hydrogens is 206 g/mol. The lowest BCUT2D eigenvalue weighted by Crippen LogP contribution is -2.30. The molecule has 1 heterocycles. The molecule has 1 fully saturated rings. The van der Waals surface area contributed by atoms with Gasteiger partial charge >= 0.3 is 0 Å². The number of nitrogens with one attached hydrogen (secondary N) is 1. The summed E-state index contributed by atoms with van der Waals surface area (Å²) >= 11 is 0. The van der Waals surface area contributed by atoms with Crippen LogP contribution in [0.2, 0.25) is 0 Å². The second-order valence-corrected chi connectivity index (χ2v) is 4.39. The van der Waals surface area contributed by atoms with Crippen molar-refractivity contribution in [2.75, 3.05) is 5.32 Å². The normalized spacial score (nSPS) is 17.9. The number of aliphatic hydroxyl groups excluding tert-OH is 1. The maximum atomic E-state index is 11.6. The third-order valence-corrected chi connectivity index (χ3v) is 2.78. The van der Waals surface area contributed by atoms with Gasteiger partial charge in [-0.05, 0) is 26.2 Å². The smallest absolute Gasteiger partial charge is 0.268 e. The lowest BCUT2D eigenvalue weighted by atomic mass is 9.93. The largest absolute Gasteiger partial charge is 0.391 e. The van der Waals surface area contributed by atoms with Crippen LogP contribution < -0.4 is 10.9 Å². The van der Waals surface area contributed by atoms with Crippen molar-refractivity contribution >= 4 is 5.69 Å². The Kier molecular flexibility index (Phi) is 3.24. The first kappa shape index (κ1) is 11.1. The number of anilines is 1. The monoisotopic (exact) mass is 223 g/mol. The van der Waals surface area contributed by atoms with Gasteiger partial charge < -0.3 is 10.4 Å². The van der Waals surface area contributed by atoms with Crippen molar-refractivity contribution in [3.8, 4) is 0 Å². The molecule has 1 aliphatic carbocycles. The number of hydrogen-bond donors (Lipinski definition) is 2. The summed E-state index contributed by atoms with van der Waals surface area (Å²) in [5.74, 6) is 0. The van der Waals surface area contributed by atoms with E-state index in [1.165, 1.54) is 17.2 Å². The molecule has 0 aromatic carbocycles. The lowest BCUT2D eigenvalue weighted by Gasteiger charge is -2.27. The summed E-state index contributed by atoms with van der Waals surface area (Å²) in [5, 5.41) is 16.4. The van der Waals surface area contributed by atoms with Crippen molar-refractivity contribution in [1.29, 1.82) is 0 Å². The average Bonchev–Trinajstić information content (AvgIpc) is 2.15. The van der Waals surface area contributed by atoms with E-state index in [2.05, 4.69) is 10.4 Å². The van der Waals surface area contributed by atoms with Crippen LogP contribution in [0.25, 0.3) is 0 Å². The Morgan fingerprint density at radius 1 is 1.69 bits per heavy atom. The van der Waals surface area contributed by atoms with Crippen molar-refractivity contribution in [1.82, 2.24) is 9.78 Å². The summed E-state index contributed by atoms with van der Waals surface area (Å²) in [6, 6.07) is 2.03. The van der Waals surface area contributed by atoms with Gasteiger partial charge in [0.1, 0.15) is 0 Å². The summed E-state index contributed by atoms with van der Waals surface area (Å²) in [4.78, 5) is 11.6. The van der Waals surface area contributed by atoms with Crippen LogP contribution in [0.1, 0.15) is 26.2 Å². The Balaban J connectivity index is 2.06. The minimum Gasteiger partial charge on any atom is -0.391 e. The predicted octanol–water partition coefficient (Wildman–Crippen LogP) is 0.588. The predicted molar refractivity (Wildman–Crippen MR) is 61.4 cm³/mol. The molecular formula is C11H17N3O2. The Labute approximate surface area is 94.1 Å². The van der Waals surface area contributed by atoms with Crippen LogP contribution in [-0.2, 0) is 6.54 Å². The highest BCUT2D eigenvalue weighted by Crippen LogP contribution is 2.21. The zero-order chi connectivity index (χ0) is 11.5. The minimum atomic E-state index is -0.560. The second kappa shape index (κ2) is 4.65. The first-order valence-corrected chi connectivity index (χ1v) is 5.67. The van der Waals surface area contributed by atoms with Crippen LogP contribution in [0.3, 0.4) is 0 Å². The average molecular weight is 223 g/mol. The molecule has 5 heteroatoms. The number of rotatable bonds is 4. The quantitative estimate of drug-likeness (QED) is 0.784. The molecule has 2 N–H and O–H groups in total.